The lowest BCUT2D eigenvalue weighted by molar-refractivity contribution is -0.136. The fraction of sp³-hybridized carbons (Fsp3) is 0.0769. The predicted octanol–water partition coefficient (Wildman–Crippen LogP) is 4.09. The van der Waals surface area contributed by atoms with Gasteiger partial charge in [-0.1, -0.05) is 18.2 Å². The van der Waals surface area contributed by atoms with Crippen molar-refractivity contribution in [3.8, 4) is 11.1 Å². The quantitative estimate of drug-likeness (QED) is 0.602. The molecule has 0 bridgehead atoms. The summed E-state index contributed by atoms with van der Waals surface area (Å²) in [4.78, 5) is 0. The minimum absolute atomic E-state index is 0.274. The molecule has 94 valence electrons. The summed E-state index contributed by atoms with van der Waals surface area (Å²) in [5.74, 6) is -0.502. The maximum absolute atomic E-state index is 13.0. The molecule has 0 atom stereocenters. The normalized spacial score (nSPS) is 11.6. The number of hydrogen-bond acceptors (Lipinski definition) is 1. The maximum Gasteiger partial charge on any atom is 0.418 e. The Morgan fingerprint density at radius 3 is 2.17 bits per heavy atom. The third-order valence-corrected chi connectivity index (χ3v) is 2.52. The van der Waals surface area contributed by atoms with Crippen LogP contribution in [-0.2, 0) is 6.18 Å². The largest absolute Gasteiger partial charge is 0.418 e. The van der Waals surface area contributed by atoms with Crippen LogP contribution in [-0.4, -0.2) is 0 Å². The molecule has 0 saturated heterocycles. The molecule has 2 aromatic carbocycles. The number of benzene rings is 2. The summed E-state index contributed by atoms with van der Waals surface area (Å²) in [5.41, 5.74) is 4.68. The number of rotatable bonds is 1. The Bertz CT molecular complexity index is 575. The Hall–Kier alpha value is -2.04. The van der Waals surface area contributed by atoms with Crippen LogP contribution in [0.3, 0.4) is 0 Å². The number of anilines is 1. The first-order valence-electron chi connectivity index (χ1n) is 5.10. The van der Waals surface area contributed by atoms with Gasteiger partial charge in [0.05, 0.1) is 5.56 Å². The van der Waals surface area contributed by atoms with Crippen molar-refractivity contribution in [2.24, 2.45) is 0 Å². The van der Waals surface area contributed by atoms with Gasteiger partial charge in [-0.25, -0.2) is 4.39 Å². The Balaban J connectivity index is 2.54. The molecule has 2 rings (SSSR count). The van der Waals surface area contributed by atoms with E-state index in [1.165, 1.54) is 36.4 Å². The number of nitrogens with two attached hydrogens (primary N) is 1. The molecule has 0 aliphatic carbocycles. The van der Waals surface area contributed by atoms with E-state index in [0.717, 1.165) is 6.07 Å². The van der Waals surface area contributed by atoms with E-state index in [1.54, 1.807) is 0 Å². The fourth-order valence-electron chi connectivity index (χ4n) is 1.65. The van der Waals surface area contributed by atoms with Crippen LogP contribution in [0.2, 0.25) is 0 Å². The second-order valence-corrected chi connectivity index (χ2v) is 3.81. The highest BCUT2D eigenvalue weighted by molar-refractivity contribution is 5.68. The highest BCUT2D eigenvalue weighted by Crippen LogP contribution is 2.36. The molecule has 5 heteroatoms. The predicted molar refractivity (Wildman–Crippen MR) is 61.3 cm³/mol. The van der Waals surface area contributed by atoms with E-state index in [1.807, 2.05) is 0 Å². The van der Waals surface area contributed by atoms with Gasteiger partial charge in [0.1, 0.15) is 5.82 Å². The molecule has 0 aliphatic rings. The van der Waals surface area contributed by atoms with Gasteiger partial charge < -0.3 is 5.73 Å². The van der Waals surface area contributed by atoms with Gasteiger partial charge in [0.25, 0.3) is 0 Å². The number of halogens is 4. The van der Waals surface area contributed by atoms with Crippen molar-refractivity contribution in [2.75, 3.05) is 5.73 Å². The van der Waals surface area contributed by atoms with Crippen molar-refractivity contribution in [1.82, 2.24) is 0 Å². The van der Waals surface area contributed by atoms with Crippen LogP contribution in [0, 0.1) is 5.82 Å². The summed E-state index contributed by atoms with van der Waals surface area (Å²) < 4.78 is 51.0. The first-order chi connectivity index (χ1) is 8.38. The van der Waals surface area contributed by atoms with Gasteiger partial charge in [0.2, 0.25) is 0 Å². The Morgan fingerprint density at radius 2 is 1.56 bits per heavy atom. The Labute approximate surface area is 101 Å². The lowest BCUT2D eigenvalue weighted by Gasteiger charge is -2.12. The standard InChI is InChI=1S/C13H9F4N/c14-10-3-1-2-8(6-10)9-4-5-12(18)11(7-9)13(15,16)17/h1-7H,18H2. The monoisotopic (exact) mass is 255 g/mol. The van der Waals surface area contributed by atoms with Crippen LogP contribution in [0.5, 0.6) is 0 Å². The van der Waals surface area contributed by atoms with E-state index in [-0.39, 0.29) is 11.3 Å². The molecule has 18 heavy (non-hydrogen) atoms. The minimum Gasteiger partial charge on any atom is -0.398 e. The summed E-state index contributed by atoms with van der Waals surface area (Å²) in [7, 11) is 0. The van der Waals surface area contributed by atoms with Crippen LogP contribution in [0.15, 0.2) is 42.5 Å². The van der Waals surface area contributed by atoms with E-state index < -0.39 is 17.6 Å². The van der Waals surface area contributed by atoms with E-state index in [0.29, 0.717) is 5.56 Å². The molecule has 0 saturated carbocycles. The third-order valence-electron chi connectivity index (χ3n) is 2.52. The Kier molecular flexibility index (Phi) is 2.98. The lowest BCUT2D eigenvalue weighted by Crippen LogP contribution is -2.08. The molecule has 0 fully saturated rings. The molecular weight excluding hydrogens is 246 g/mol. The first-order valence-corrected chi connectivity index (χ1v) is 5.10. The van der Waals surface area contributed by atoms with Gasteiger partial charge in [-0.15, -0.1) is 0 Å². The van der Waals surface area contributed by atoms with Crippen molar-refractivity contribution in [3.05, 3.63) is 53.8 Å². The van der Waals surface area contributed by atoms with E-state index >= 15 is 0 Å². The zero-order chi connectivity index (χ0) is 13.3. The Morgan fingerprint density at radius 1 is 0.889 bits per heavy atom. The van der Waals surface area contributed by atoms with Gasteiger partial charge in [0.15, 0.2) is 0 Å². The average Bonchev–Trinajstić information content (AvgIpc) is 2.28. The zero-order valence-corrected chi connectivity index (χ0v) is 9.13. The third kappa shape index (κ3) is 2.45. The fourth-order valence-corrected chi connectivity index (χ4v) is 1.65. The van der Waals surface area contributed by atoms with Crippen LogP contribution in [0.4, 0.5) is 23.2 Å². The van der Waals surface area contributed by atoms with Crippen molar-refractivity contribution in [2.45, 2.75) is 6.18 Å². The molecule has 2 aromatic rings. The second kappa shape index (κ2) is 4.33. The summed E-state index contributed by atoms with van der Waals surface area (Å²) in [5, 5.41) is 0. The van der Waals surface area contributed by atoms with Crippen molar-refractivity contribution < 1.29 is 17.6 Å². The van der Waals surface area contributed by atoms with E-state index in [4.69, 9.17) is 5.73 Å². The van der Waals surface area contributed by atoms with Crippen molar-refractivity contribution in [3.63, 3.8) is 0 Å². The smallest absolute Gasteiger partial charge is 0.398 e. The molecule has 1 nitrogen and oxygen atoms in total. The van der Waals surface area contributed by atoms with Gasteiger partial charge in [0, 0.05) is 5.69 Å². The zero-order valence-electron chi connectivity index (χ0n) is 9.13. The second-order valence-electron chi connectivity index (χ2n) is 3.81. The van der Waals surface area contributed by atoms with E-state index in [9.17, 15) is 17.6 Å². The summed E-state index contributed by atoms with van der Waals surface area (Å²) in [6.07, 6.45) is -4.52. The molecule has 2 N–H and O–H groups in total. The van der Waals surface area contributed by atoms with Gasteiger partial charge >= 0.3 is 6.18 Å². The topological polar surface area (TPSA) is 26.0 Å². The minimum atomic E-state index is -4.52. The molecule has 0 spiro atoms. The number of nitrogen functional groups attached to an aromatic ring is 1. The molecule has 0 amide bonds. The van der Waals surface area contributed by atoms with Crippen molar-refractivity contribution in [1.29, 1.82) is 0 Å². The average molecular weight is 255 g/mol. The molecule has 0 radical (unpaired) electrons. The number of hydrogen-bond donors (Lipinski definition) is 1. The summed E-state index contributed by atoms with van der Waals surface area (Å²) >= 11 is 0. The lowest BCUT2D eigenvalue weighted by atomic mass is 10.0. The van der Waals surface area contributed by atoms with Crippen LogP contribution in [0.25, 0.3) is 11.1 Å². The number of alkyl halides is 3. The van der Waals surface area contributed by atoms with Crippen LogP contribution in [0.1, 0.15) is 5.56 Å². The molecule has 0 aromatic heterocycles. The maximum atomic E-state index is 13.0. The highest BCUT2D eigenvalue weighted by Gasteiger charge is 2.33. The summed E-state index contributed by atoms with van der Waals surface area (Å²) in [6.45, 7) is 0. The van der Waals surface area contributed by atoms with Gasteiger partial charge in [-0.3, -0.25) is 0 Å². The van der Waals surface area contributed by atoms with Crippen molar-refractivity contribution >= 4 is 5.69 Å². The first kappa shape index (κ1) is 12.4. The van der Waals surface area contributed by atoms with Gasteiger partial charge in [-0.05, 0) is 35.4 Å². The molecule has 0 aliphatic heterocycles. The molecule has 0 heterocycles. The SMILES string of the molecule is Nc1ccc(-c2cccc(F)c2)cc1C(F)(F)F. The molecule has 0 unspecified atom stereocenters. The van der Waals surface area contributed by atoms with Crippen LogP contribution >= 0.6 is 0 Å². The van der Waals surface area contributed by atoms with E-state index in [2.05, 4.69) is 0 Å². The highest BCUT2D eigenvalue weighted by atomic mass is 19.4. The van der Waals surface area contributed by atoms with Gasteiger partial charge in [-0.2, -0.15) is 13.2 Å². The van der Waals surface area contributed by atoms with Crippen LogP contribution < -0.4 is 5.73 Å². The summed E-state index contributed by atoms with van der Waals surface area (Å²) in [6, 6.07) is 8.90. The molecular formula is C13H9F4N.